The molecule has 0 unspecified atom stereocenters. The van der Waals surface area contributed by atoms with Crippen LogP contribution in [0.3, 0.4) is 0 Å². The third-order valence-electron chi connectivity index (χ3n) is 2.40. The molecular weight excluding hydrogens is 185 g/mol. The van der Waals surface area contributed by atoms with Crippen molar-refractivity contribution in [2.45, 2.75) is 6.92 Å². The summed E-state index contributed by atoms with van der Waals surface area (Å²) < 4.78 is 0. The molecule has 1 N–H and O–H groups in total. The number of aromatic nitrogens is 1. The highest BCUT2D eigenvalue weighted by Crippen LogP contribution is 2.24. The van der Waals surface area contributed by atoms with Gasteiger partial charge in [-0.1, -0.05) is 17.6 Å². The lowest BCUT2D eigenvalue weighted by Gasteiger charge is -2.06. The molecule has 0 fully saturated rings. The van der Waals surface area contributed by atoms with Crippen LogP contribution in [0.2, 0.25) is 0 Å². The Labute approximate surface area is 90.0 Å². The maximum absolute atomic E-state index is 9.32. The number of aromatic hydroxyl groups is 1. The summed E-state index contributed by atoms with van der Waals surface area (Å²) in [6.07, 6.45) is 3.67. The fourth-order valence-corrected chi connectivity index (χ4v) is 1.67. The first kappa shape index (κ1) is 9.78. The van der Waals surface area contributed by atoms with Gasteiger partial charge in [0.15, 0.2) is 0 Å². The Hall–Kier alpha value is -1.77. The lowest BCUT2D eigenvalue weighted by atomic mass is 9.94. The number of benzene rings is 1. The standard InChI is InChI=1S/C12H12BNO/c1-8-4-11(15)2-3-12(8)9-5-10(13)7-14-6-9/h2-7,15H,13H2,1H3. The average Bonchev–Trinajstić information content (AvgIpc) is 2.17. The van der Waals surface area contributed by atoms with Crippen LogP contribution >= 0.6 is 0 Å². The van der Waals surface area contributed by atoms with Crippen molar-refractivity contribution in [1.29, 1.82) is 0 Å². The normalized spacial score (nSPS) is 10.2. The van der Waals surface area contributed by atoms with E-state index in [0.717, 1.165) is 22.2 Å². The second-order valence-corrected chi connectivity index (χ2v) is 3.75. The summed E-state index contributed by atoms with van der Waals surface area (Å²) in [6, 6.07) is 7.47. The first-order chi connectivity index (χ1) is 7.16. The summed E-state index contributed by atoms with van der Waals surface area (Å²) in [5.41, 5.74) is 4.40. The molecule has 0 saturated heterocycles. The van der Waals surface area contributed by atoms with Crippen molar-refractivity contribution in [2.75, 3.05) is 0 Å². The quantitative estimate of drug-likeness (QED) is 0.692. The maximum atomic E-state index is 9.32. The lowest BCUT2D eigenvalue weighted by Crippen LogP contribution is -2.02. The Morgan fingerprint density at radius 1 is 1.20 bits per heavy atom. The Morgan fingerprint density at radius 3 is 2.67 bits per heavy atom. The molecule has 0 atom stereocenters. The van der Waals surface area contributed by atoms with Crippen molar-refractivity contribution in [1.82, 2.24) is 4.98 Å². The van der Waals surface area contributed by atoms with Gasteiger partial charge in [-0.15, -0.1) is 0 Å². The van der Waals surface area contributed by atoms with Crippen LogP contribution < -0.4 is 5.46 Å². The van der Waals surface area contributed by atoms with Crippen LogP contribution in [0.25, 0.3) is 11.1 Å². The van der Waals surface area contributed by atoms with E-state index in [1.165, 1.54) is 0 Å². The van der Waals surface area contributed by atoms with E-state index in [1.54, 1.807) is 12.1 Å². The molecule has 1 heterocycles. The first-order valence-corrected chi connectivity index (χ1v) is 4.88. The van der Waals surface area contributed by atoms with E-state index in [2.05, 4.69) is 11.1 Å². The van der Waals surface area contributed by atoms with Crippen LogP contribution in [0, 0.1) is 6.92 Å². The van der Waals surface area contributed by atoms with Crippen molar-refractivity contribution in [3.8, 4) is 16.9 Å². The topological polar surface area (TPSA) is 33.1 Å². The molecule has 1 aromatic heterocycles. The fraction of sp³-hybridized carbons (Fsp3) is 0.0833. The minimum atomic E-state index is 0.303. The van der Waals surface area contributed by atoms with Crippen molar-refractivity contribution >= 4 is 13.3 Å². The lowest BCUT2D eigenvalue weighted by molar-refractivity contribution is 0.475. The molecule has 0 spiro atoms. The number of hydrogen-bond donors (Lipinski definition) is 1. The second kappa shape index (κ2) is 3.77. The summed E-state index contributed by atoms with van der Waals surface area (Å²) in [5, 5.41) is 9.32. The molecular formula is C12H12BNO. The van der Waals surface area contributed by atoms with Gasteiger partial charge in [-0.3, -0.25) is 4.98 Å². The zero-order chi connectivity index (χ0) is 10.8. The molecule has 0 aliphatic heterocycles. The summed E-state index contributed by atoms with van der Waals surface area (Å²) >= 11 is 0. The molecule has 1 aromatic carbocycles. The summed E-state index contributed by atoms with van der Waals surface area (Å²) in [6.45, 7) is 1.98. The Bertz CT molecular complexity index is 497. The highest BCUT2D eigenvalue weighted by Gasteiger charge is 2.02. The third kappa shape index (κ3) is 2.01. The number of phenols is 1. The molecule has 0 saturated carbocycles. The number of rotatable bonds is 1. The molecule has 0 bridgehead atoms. The molecule has 74 valence electrons. The Morgan fingerprint density at radius 2 is 2.00 bits per heavy atom. The number of hydrogen-bond acceptors (Lipinski definition) is 2. The Kier molecular flexibility index (Phi) is 2.46. The van der Waals surface area contributed by atoms with Crippen LogP contribution in [-0.4, -0.2) is 17.9 Å². The minimum absolute atomic E-state index is 0.303. The maximum Gasteiger partial charge on any atom is 0.141 e. The van der Waals surface area contributed by atoms with Gasteiger partial charge in [0.1, 0.15) is 13.6 Å². The summed E-state index contributed by atoms with van der Waals surface area (Å²) in [7, 11) is 2.02. The Balaban J connectivity index is 2.54. The van der Waals surface area contributed by atoms with Crippen molar-refractivity contribution in [2.24, 2.45) is 0 Å². The van der Waals surface area contributed by atoms with E-state index in [1.807, 2.05) is 33.2 Å². The van der Waals surface area contributed by atoms with Crippen molar-refractivity contribution in [3.05, 3.63) is 42.2 Å². The molecule has 2 rings (SSSR count). The summed E-state index contributed by atoms with van der Waals surface area (Å²) in [4.78, 5) is 4.16. The largest absolute Gasteiger partial charge is 0.508 e. The minimum Gasteiger partial charge on any atom is -0.508 e. The molecule has 0 aliphatic carbocycles. The van der Waals surface area contributed by atoms with Gasteiger partial charge in [0, 0.05) is 12.4 Å². The van der Waals surface area contributed by atoms with E-state index < -0.39 is 0 Å². The summed E-state index contributed by atoms with van der Waals surface area (Å²) in [5.74, 6) is 0.303. The van der Waals surface area contributed by atoms with E-state index >= 15 is 0 Å². The molecule has 0 radical (unpaired) electrons. The number of phenolic OH excluding ortho intramolecular Hbond substituents is 1. The van der Waals surface area contributed by atoms with Gasteiger partial charge in [-0.05, 0) is 35.7 Å². The van der Waals surface area contributed by atoms with Crippen LogP contribution in [0.5, 0.6) is 5.75 Å². The van der Waals surface area contributed by atoms with Gasteiger partial charge in [-0.25, -0.2) is 0 Å². The molecule has 15 heavy (non-hydrogen) atoms. The van der Waals surface area contributed by atoms with Gasteiger partial charge in [0.25, 0.3) is 0 Å². The van der Waals surface area contributed by atoms with Crippen LogP contribution in [0.15, 0.2) is 36.7 Å². The van der Waals surface area contributed by atoms with Crippen molar-refractivity contribution in [3.63, 3.8) is 0 Å². The SMILES string of the molecule is Bc1cncc(-c2ccc(O)cc2C)c1. The number of pyridine rings is 1. The second-order valence-electron chi connectivity index (χ2n) is 3.75. The van der Waals surface area contributed by atoms with Crippen molar-refractivity contribution < 1.29 is 5.11 Å². The van der Waals surface area contributed by atoms with Crippen LogP contribution in [0.4, 0.5) is 0 Å². The highest BCUT2D eigenvalue weighted by atomic mass is 16.3. The zero-order valence-electron chi connectivity index (χ0n) is 8.86. The van der Waals surface area contributed by atoms with Gasteiger partial charge >= 0.3 is 0 Å². The van der Waals surface area contributed by atoms with Crippen LogP contribution in [-0.2, 0) is 0 Å². The highest BCUT2D eigenvalue weighted by molar-refractivity contribution is 6.32. The van der Waals surface area contributed by atoms with Gasteiger partial charge < -0.3 is 5.11 Å². The van der Waals surface area contributed by atoms with Crippen LogP contribution in [0.1, 0.15) is 5.56 Å². The molecule has 2 aromatic rings. The fourth-order valence-electron chi connectivity index (χ4n) is 1.67. The average molecular weight is 197 g/mol. The third-order valence-corrected chi connectivity index (χ3v) is 2.40. The predicted molar refractivity (Wildman–Crippen MR) is 64.3 cm³/mol. The molecule has 0 aliphatic rings. The molecule has 0 amide bonds. The predicted octanol–water partition coefficient (Wildman–Crippen LogP) is 1.02. The molecule has 3 heteroatoms. The van der Waals surface area contributed by atoms with E-state index in [-0.39, 0.29) is 0 Å². The van der Waals surface area contributed by atoms with E-state index in [0.29, 0.717) is 5.75 Å². The molecule has 2 nitrogen and oxygen atoms in total. The number of aryl methyl sites for hydroxylation is 1. The van der Waals surface area contributed by atoms with Gasteiger partial charge in [-0.2, -0.15) is 0 Å². The van der Waals surface area contributed by atoms with E-state index in [4.69, 9.17) is 0 Å². The monoisotopic (exact) mass is 197 g/mol. The van der Waals surface area contributed by atoms with Gasteiger partial charge in [0.05, 0.1) is 0 Å². The van der Waals surface area contributed by atoms with Gasteiger partial charge in [0.2, 0.25) is 0 Å². The zero-order valence-corrected chi connectivity index (χ0v) is 8.86. The number of nitrogens with zero attached hydrogens (tertiary/aromatic N) is 1. The smallest absolute Gasteiger partial charge is 0.141 e. The first-order valence-electron chi connectivity index (χ1n) is 4.88. The van der Waals surface area contributed by atoms with E-state index in [9.17, 15) is 5.11 Å².